The Kier molecular flexibility index (Phi) is 8.36. The number of thioether (sulfide) groups is 1. The van der Waals surface area contributed by atoms with Crippen LogP contribution in [0, 0.1) is 6.92 Å². The Hall–Kier alpha value is -2.77. The van der Waals surface area contributed by atoms with E-state index in [1.165, 1.54) is 16.1 Å². The standard InChI is InChI=1S/C25H28N2O3S2/c1-20-8-6-7-11-23(20)18-27(32(2,29)30)24-14-12-22(13-15-24)25(28)26-16-17-31-19-21-9-4-3-5-10-21/h3-15H,16-19H2,1-2H3,(H,26,28). The third kappa shape index (κ3) is 6.87. The van der Waals surface area contributed by atoms with Gasteiger partial charge in [-0.2, -0.15) is 11.8 Å². The van der Waals surface area contributed by atoms with Gasteiger partial charge in [-0.25, -0.2) is 8.42 Å². The van der Waals surface area contributed by atoms with Crippen molar-refractivity contribution in [1.82, 2.24) is 5.32 Å². The van der Waals surface area contributed by atoms with Gasteiger partial charge in [0, 0.05) is 23.6 Å². The molecule has 0 fully saturated rings. The smallest absolute Gasteiger partial charge is 0.251 e. The van der Waals surface area contributed by atoms with Gasteiger partial charge in [-0.15, -0.1) is 0 Å². The quantitative estimate of drug-likeness (QED) is 0.441. The van der Waals surface area contributed by atoms with Crippen LogP contribution >= 0.6 is 11.8 Å². The number of rotatable bonds is 10. The molecule has 3 aromatic rings. The first kappa shape index (κ1) is 23.9. The summed E-state index contributed by atoms with van der Waals surface area (Å²) in [6, 6.07) is 24.6. The first-order chi connectivity index (χ1) is 15.3. The number of aryl methyl sites for hydroxylation is 1. The molecule has 0 aliphatic heterocycles. The molecule has 0 saturated carbocycles. The van der Waals surface area contributed by atoms with Gasteiger partial charge in [-0.1, -0.05) is 54.6 Å². The Morgan fingerprint density at radius 2 is 1.59 bits per heavy atom. The molecule has 0 atom stereocenters. The van der Waals surface area contributed by atoms with Crippen molar-refractivity contribution in [2.75, 3.05) is 22.9 Å². The number of benzene rings is 3. The molecule has 0 saturated heterocycles. The highest BCUT2D eigenvalue weighted by Crippen LogP contribution is 2.22. The molecule has 0 radical (unpaired) electrons. The van der Waals surface area contributed by atoms with Crippen molar-refractivity contribution >= 4 is 33.4 Å². The molecule has 0 bridgehead atoms. The second-order valence-electron chi connectivity index (χ2n) is 7.54. The summed E-state index contributed by atoms with van der Waals surface area (Å²) < 4.78 is 26.2. The van der Waals surface area contributed by atoms with Crippen molar-refractivity contribution in [2.24, 2.45) is 0 Å². The Balaban J connectivity index is 1.57. The van der Waals surface area contributed by atoms with E-state index in [-0.39, 0.29) is 12.5 Å². The van der Waals surface area contributed by atoms with E-state index in [0.717, 1.165) is 22.6 Å². The van der Waals surface area contributed by atoms with Crippen molar-refractivity contribution in [2.45, 2.75) is 19.2 Å². The van der Waals surface area contributed by atoms with Crippen LogP contribution < -0.4 is 9.62 Å². The van der Waals surface area contributed by atoms with E-state index < -0.39 is 10.0 Å². The molecule has 1 N–H and O–H groups in total. The Labute approximate surface area is 194 Å². The zero-order valence-electron chi connectivity index (χ0n) is 18.3. The van der Waals surface area contributed by atoms with E-state index in [0.29, 0.717) is 17.8 Å². The molecule has 0 aromatic heterocycles. The van der Waals surface area contributed by atoms with Crippen LogP contribution in [-0.4, -0.2) is 32.9 Å². The van der Waals surface area contributed by atoms with Crippen molar-refractivity contribution in [3.05, 3.63) is 101 Å². The van der Waals surface area contributed by atoms with Crippen molar-refractivity contribution in [3.63, 3.8) is 0 Å². The summed E-state index contributed by atoms with van der Waals surface area (Å²) in [5, 5.41) is 2.92. The molecule has 0 unspecified atom stereocenters. The average molecular weight is 469 g/mol. The maximum absolute atomic E-state index is 12.4. The van der Waals surface area contributed by atoms with Crippen molar-refractivity contribution in [3.8, 4) is 0 Å². The highest BCUT2D eigenvalue weighted by Gasteiger charge is 2.19. The second kappa shape index (κ2) is 11.2. The first-order valence-corrected chi connectivity index (χ1v) is 13.4. The minimum atomic E-state index is -3.48. The molecule has 5 nitrogen and oxygen atoms in total. The number of amides is 1. The summed E-state index contributed by atoms with van der Waals surface area (Å²) in [5.74, 6) is 1.56. The van der Waals surface area contributed by atoms with Crippen LogP contribution in [0.15, 0.2) is 78.9 Å². The molecule has 0 aliphatic rings. The summed E-state index contributed by atoms with van der Waals surface area (Å²) in [5.41, 5.74) is 4.27. The van der Waals surface area contributed by atoms with E-state index in [1.54, 1.807) is 36.0 Å². The first-order valence-electron chi connectivity index (χ1n) is 10.4. The van der Waals surface area contributed by atoms with Gasteiger partial charge < -0.3 is 5.32 Å². The number of carbonyl (C=O) groups is 1. The predicted octanol–water partition coefficient (Wildman–Crippen LogP) is 4.62. The molecule has 0 spiro atoms. The number of hydrogen-bond donors (Lipinski definition) is 1. The van der Waals surface area contributed by atoms with Crippen LogP contribution in [0.2, 0.25) is 0 Å². The molecule has 3 aromatic carbocycles. The fourth-order valence-corrected chi connectivity index (χ4v) is 4.92. The average Bonchev–Trinajstić information content (AvgIpc) is 2.78. The normalized spacial score (nSPS) is 11.2. The summed E-state index contributed by atoms with van der Waals surface area (Å²) >= 11 is 1.77. The zero-order chi connectivity index (χ0) is 23.0. The molecule has 0 aliphatic carbocycles. The van der Waals surface area contributed by atoms with Crippen LogP contribution in [0.1, 0.15) is 27.0 Å². The lowest BCUT2D eigenvalue weighted by atomic mass is 10.1. The summed E-state index contributed by atoms with van der Waals surface area (Å²) in [7, 11) is -3.48. The topological polar surface area (TPSA) is 66.5 Å². The number of sulfonamides is 1. The van der Waals surface area contributed by atoms with Gasteiger partial charge in [0.2, 0.25) is 10.0 Å². The molecular weight excluding hydrogens is 440 g/mol. The van der Waals surface area contributed by atoms with E-state index >= 15 is 0 Å². The molecule has 0 heterocycles. The largest absolute Gasteiger partial charge is 0.351 e. The van der Waals surface area contributed by atoms with Gasteiger partial charge in [0.15, 0.2) is 0 Å². The van der Waals surface area contributed by atoms with Gasteiger partial charge in [0.05, 0.1) is 18.5 Å². The molecule has 7 heteroatoms. The number of hydrogen-bond acceptors (Lipinski definition) is 4. The molecule has 168 valence electrons. The maximum atomic E-state index is 12.4. The van der Waals surface area contributed by atoms with Crippen LogP contribution in [-0.2, 0) is 22.3 Å². The fraction of sp³-hybridized carbons (Fsp3) is 0.240. The summed E-state index contributed by atoms with van der Waals surface area (Å²) in [4.78, 5) is 12.4. The lowest BCUT2D eigenvalue weighted by Gasteiger charge is -2.23. The van der Waals surface area contributed by atoms with Crippen molar-refractivity contribution in [1.29, 1.82) is 0 Å². The lowest BCUT2D eigenvalue weighted by Crippen LogP contribution is -2.30. The van der Waals surface area contributed by atoms with Gasteiger partial charge in [0.1, 0.15) is 0 Å². The highest BCUT2D eigenvalue weighted by atomic mass is 32.2. The van der Waals surface area contributed by atoms with Gasteiger partial charge in [-0.3, -0.25) is 9.10 Å². The van der Waals surface area contributed by atoms with Gasteiger partial charge in [0.25, 0.3) is 5.91 Å². The molecular formula is C25H28N2O3S2. The SMILES string of the molecule is Cc1ccccc1CN(c1ccc(C(=O)NCCSCc2ccccc2)cc1)S(C)(=O)=O. The minimum Gasteiger partial charge on any atom is -0.351 e. The lowest BCUT2D eigenvalue weighted by molar-refractivity contribution is 0.0956. The predicted molar refractivity (Wildman–Crippen MR) is 134 cm³/mol. The van der Waals surface area contributed by atoms with E-state index in [4.69, 9.17) is 0 Å². The van der Waals surface area contributed by atoms with Crippen LogP contribution in [0.4, 0.5) is 5.69 Å². The molecule has 32 heavy (non-hydrogen) atoms. The number of nitrogens with zero attached hydrogens (tertiary/aromatic N) is 1. The van der Waals surface area contributed by atoms with Crippen LogP contribution in [0.25, 0.3) is 0 Å². The third-order valence-corrected chi connectivity index (χ3v) is 7.21. The summed E-state index contributed by atoms with van der Waals surface area (Å²) in [6.07, 6.45) is 1.19. The third-order valence-electron chi connectivity index (χ3n) is 5.04. The fourth-order valence-electron chi connectivity index (χ4n) is 3.22. The zero-order valence-corrected chi connectivity index (χ0v) is 20.0. The number of anilines is 1. The van der Waals surface area contributed by atoms with Crippen molar-refractivity contribution < 1.29 is 13.2 Å². The second-order valence-corrected chi connectivity index (χ2v) is 10.5. The van der Waals surface area contributed by atoms with E-state index in [1.807, 2.05) is 49.4 Å². The Morgan fingerprint density at radius 3 is 2.25 bits per heavy atom. The van der Waals surface area contributed by atoms with Gasteiger partial charge in [-0.05, 0) is 47.9 Å². The number of carbonyl (C=O) groups excluding carboxylic acids is 1. The maximum Gasteiger partial charge on any atom is 0.251 e. The minimum absolute atomic E-state index is 0.165. The monoisotopic (exact) mass is 468 g/mol. The van der Waals surface area contributed by atoms with E-state index in [9.17, 15) is 13.2 Å². The number of nitrogens with one attached hydrogen (secondary N) is 1. The Morgan fingerprint density at radius 1 is 0.938 bits per heavy atom. The van der Waals surface area contributed by atoms with E-state index in [2.05, 4.69) is 17.4 Å². The molecule has 1 amide bonds. The Bertz CT molecular complexity index is 1130. The molecule has 3 rings (SSSR count). The van der Waals surface area contributed by atoms with Crippen LogP contribution in [0.5, 0.6) is 0 Å². The van der Waals surface area contributed by atoms with Crippen LogP contribution in [0.3, 0.4) is 0 Å². The van der Waals surface area contributed by atoms with Gasteiger partial charge >= 0.3 is 0 Å². The summed E-state index contributed by atoms with van der Waals surface area (Å²) in [6.45, 7) is 2.78. The highest BCUT2D eigenvalue weighted by molar-refractivity contribution is 7.98.